The van der Waals surface area contributed by atoms with E-state index in [4.69, 9.17) is 9.78 Å². The predicted molar refractivity (Wildman–Crippen MR) is 103 cm³/mol. The summed E-state index contributed by atoms with van der Waals surface area (Å²) in [5.41, 5.74) is 1.30. The first-order chi connectivity index (χ1) is 12.3. The largest absolute Gasteiger partial charge is 0.337 e. The minimum Gasteiger partial charge on any atom is -0.337 e. The van der Waals surface area contributed by atoms with E-state index in [0.717, 1.165) is 30.4 Å². The van der Waals surface area contributed by atoms with E-state index in [1.807, 2.05) is 19.2 Å². The molecule has 0 heterocycles. The van der Waals surface area contributed by atoms with Gasteiger partial charge in [-0.05, 0) is 62.3 Å². The molecule has 2 aliphatic rings. The fourth-order valence-corrected chi connectivity index (χ4v) is 4.79. The second-order valence-corrected chi connectivity index (χ2v) is 7.94. The zero-order chi connectivity index (χ0) is 17.5. The molecule has 3 atom stereocenters. The highest BCUT2D eigenvalue weighted by Gasteiger charge is 2.30. The van der Waals surface area contributed by atoms with Crippen molar-refractivity contribution < 1.29 is 9.78 Å². The van der Waals surface area contributed by atoms with E-state index in [1.54, 1.807) is 0 Å². The van der Waals surface area contributed by atoms with Crippen molar-refractivity contribution >= 4 is 0 Å². The van der Waals surface area contributed by atoms with Gasteiger partial charge in [0.2, 0.25) is 0 Å². The normalized spacial score (nSPS) is 26.3. The molecule has 25 heavy (non-hydrogen) atoms. The SMILES string of the molecule is CCC(NC)c1ccc(OOC2CCCC(C3CCCCC3)C2)cc1. The lowest BCUT2D eigenvalue weighted by molar-refractivity contribution is -0.255. The van der Waals surface area contributed by atoms with Gasteiger partial charge in [0.05, 0.1) is 0 Å². The molecule has 2 saturated carbocycles. The monoisotopic (exact) mass is 345 g/mol. The Hall–Kier alpha value is -1.06. The average Bonchev–Trinajstić information content (AvgIpc) is 2.69. The van der Waals surface area contributed by atoms with Gasteiger partial charge in [0, 0.05) is 6.04 Å². The predicted octanol–water partition coefficient (Wildman–Crippen LogP) is 5.81. The van der Waals surface area contributed by atoms with E-state index in [2.05, 4.69) is 24.4 Å². The van der Waals surface area contributed by atoms with Crippen LogP contribution >= 0.6 is 0 Å². The Bertz CT molecular complexity index is 491. The van der Waals surface area contributed by atoms with Crippen LogP contribution in [0.3, 0.4) is 0 Å². The Labute approximate surface area is 153 Å². The van der Waals surface area contributed by atoms with E-state index in [1.165, 1.54) is 56.9 Å². The smallest absolute Gasteiger partial charge is 0.165 e. The standard InChI is InChI=1S/C22H35NO2/c1-3-22(23-2)18-12-14-20(15-13-18)24-25-21-11-7-10-19(16-21)17-8-5-4-6-9-17/h12-15,17,19,21-23H,3-11,16H2,1-2H3. The summed E-state index contributed by atoms with van der Waals surface area (Å²) in [7, 11) is 2.01. The van der Waals surface area contributed by atoms with Gasteiger partial charge in [0.15, 0.2) is 5.75 Å². The molecule has 0 amide bonds. The summed E-state index contributed by atoms with van der Waals surface area (Å²) in [6.45, 7) is 2.19. The fourth-order valence-electron chi connectivity index (χ4n) is 4.79. The van der Waals surface area contributed by atoms with Gasteiger partial charge in [0.1, 0.15) is 6.10 Å². The number of hydrogen-bond acceptors (Lipinski definition) is 3. The zero-order valence-corrected chi connectivity index (χ0v) is 16.0. The van der Waals surface area contributed by atoms with Crippen molar-refractivity contribution in [1.29, 1.82) is 0 Å². The van der Waals surface area contributed by atoms with Crippen LogP contribution in [0.15, 0.2) is 24.3 Å². The first-order valence-electron chi connectivity index (χ1n) is 10.4. The molecule has 140 valence electrons. The molecule has 1 aromatic carbocycles. The van der Waals surface area contributed by atoms with Crippen LogP contribution in [0, 0.1) is 11.8 Å². The summed E-state index contributed by atoms with van der Waals surface area (Å²) in [6.07, 6.45) is 13.5. The zero-order valence-electron chi connectivity index (χ0n) is 16.0. The van der Waals surface area contributed by atoms with Crippen LogP contribution in [0.2, 0.25) is 0 Å². The maximum Gasteiger partial charge on any atom is 0.165 e. The van der Waals surface area contributed by atoms with Gasteiger partial charge in [-0.2, -0.15) is 4.89 Å². The van der Waals surface area contributed by atoms with Gasteiger partial charge >= 0.3 is 0 Å². The summed E-state index contributed by atoms with van der Waals surface area (Å²) in [4.78, 5) is 11.5. The van der Waals surface area contributed by atoms with Crippen molar-refractivity contribution in [3.05, 3.63) is 29.8 Å². The van der Waals surface area contributed by atoms with E-state index < -0.39 is 0 Å². The summed E-state index contributed by atoms with van der Waals surface area (Å²) < 4.78 is 0. The van der Waals surface area contributed by atoms with Crippen molar-refractivity contribution in [1.82, 2.24) is 5.32 Å². The lowest BCUT2D eigenvalue weighted by atomic mass is 9.73. The molecule has 1 aromatic rings. The third-order valence-corrected chi connectivity index (χ3v) is 6.30. The van der Waals surface area contributed by atoms with Crippen LogP contribution in [-0.4, -0.2) is 13.2 Å². The highest BCUT2D eigenvalue weighted by Crippen LogP contribution is 2.39. The van der Waals surface area contributed by atoms with Gasteiger partial charge in [0.25, 0.3) is 0 Å². The highest BCUT2D eigenvalue weighted by atomic mass is 17.2. The van der Waals surface area contributed by atoms with Crippen molar-refractivity contribution in [2.45, 2.75) is 83.3 Å². The molecule has 0 saturated heterocycles. The van der Waals surface area contributed by atoms with Crippen molar-refractivity contribution in [2.75, 3.05) is 7.05 Å². The molecule has 3 rings (SSSR count). The minimum absolute atomic E-state index is 0.265. The summed E-state index contributed by atoms with van der Waals surface area (Å²) in [6, 6.07) is 8.72. The van der Waals surface area contributed by atoms with E-state index >= 15 is 0 Å². The average molecular weight is 346 g/mol. The maximum absolute atomic E-state index is 5.83. The molecule has 0 bridgehead atoms. The molecule has 3 nitrogen and oxygen atoms in total. The highest BCUT2D eigenvalue weighted by molar-refractivity contribution is 5.28. The Balaban J connectivity index is 1.47. The first-order valence-corrected chi connectivity index (χ1v) is 10.4. The van der Waals surface area contributed by atoms with E-state index in [-0.39, 0.29) is 6.10 Å². The summed E-state index contributed by atoms with van der Waals surface area (Å²) in [5, 5.41) is 3.34. The van der Waals surface area contributed by atoms with Crippen LogP contribution < -0.4 is 10.2 Å². The summed E-state index contributed by atoms with van der Waals surface area (Å²) in [5.74, 6) is 2.60. The lowest BCUT2D eigenvalue weighted by Crippen LogP contribution is -2.29. The van der Waals surface area contributed by atoms with Crippen LogP contribution in [0.5, 0.6) is 5.75 Å². The fraction of sp³-hybridized carbons (Fsp3) is 0.727. The second kappa shape index (κ2) is 9.59. The molecular formula is C22H35NO2. The molecular weight excluding hydrogens is 310 g/mol. The minimum atomic E-state index is 0.265. The Morgan fingerprint density at radius 2 is 1.68 bits per heavy atom. The van der Waals surface area contributed by atoms with Crippen molar-refractivity contribution in [2.24, 2.45) is 11.8 Å². The van der Waals surface area contributed by atoms with Crippen molar-refractivity contribution in [3.63, 3.8) is 0 Å². The van der Waals surface area contributed by atoms with Crippen molar-refractivity contribution in [3.8, 4) is 5.75 Å². The van der Waals surface area contributed by atoms with Crippen LogP contribution in [0.1, 0.15) is 82.7 Å². The van der Waals surface area contributed by atoms with Gasteiger partial charge < -0.3 is 10.2 Å². The van der Waals surface area contributed by atoms with Crippen LogP contribution in [0.4, 0.5) is 0 Å². The first kappa shape index (κ1) is 18.7. The number of hydrogen-bond donors (Lipinski definition) is 1. The van der Waals surface area contributed by atoms with E-state index in [9.17, 15) is 0 Å². The Morgan fingerprint density at radius 1 is 0.960 bits per heavy atom. The van der Waals surface area contributed by atoms with Gasteiger partial charge in [-0.1, -0.05) is 57.6 Å². The Kier molecular flexibility index (Phi) is 7.18. The lowest BCUT2D eigenvalue weighted by Gasteiger charge is -2.35. The third kappa shape index (κ3) is 5.21. The van der Waals surface area contributed by atoms with E-state index in [0.29, 0.717) is 6.04 Å². The van der Waals surface area contributed by atoms with Crippen LogP contribution in [0.25, 0.3) is 0 Å². The molecule has 3 heteroatoms. The third-order valence-electron chi connectivity index (χ3n) is 6.30. The molecule has 3 unspecified atom stereocenters. The number of rotatable bonds is 7. The number of benzene rings is 1. The van der Waals surface area contributed by atoms with Gasteiger partial charge in [-0.15, -0.1) is 0 Å². The molecule has 0 radical (unpaired) electrons. The number of nitrogens with one attached hydrogen (secondary N) is 1. The topological polar surface area (TPSA) is 30.5 Å². The summed E-state index contributed by atoms with van der Waals surface area (Å²) >= 11 is 0. The molecule has 0 spiro atoms. The van der Waals surface area contributed by atoms with Crippen LogP contribution in [-0.2, 0) is 4.89 Å². The Morgan fingerprint density at radius 3 is 2.36 bits per heavy atom. The second-order valence-electron chi connectivity index (χ2n) is 7.94. The molecule has 2 aliphatic carbocycles. The molecule has 2 fully saturated rings. The maximum atomic E-state index is 5.83. The molecule has 1 N–H and O–H groups in total. The molecule has 0 aromatic heterocycles. The quantitative estimate of drug-likeness (QED) is 0.500. The van der Waals surface area contributed by atoms with Gasteiger partial charge in [-0.3, -0.25) is 0 Å². The van der Waals surface area contributed by atoms with Gasteiger partial charge in [-0.25, -0.2) is 0 Å². The molecule has 0 aliphatic heterocycles.